The molecule has 29 valence electrons. The second-order valence-electron chi connectivity index (χ2n) is 1.23. The fraction of sp³-hybridized carbons (Fsp3) is 1.00. The lowest BCUT2D eigenvalue weighted by molar-refractivity contribution is 0.00683. The van der Waals surface area contributed by atoms with Gasteiger partial charge in [0.25, 0.3) is 0 Å². The van der Waals surface area contributed by atoms with E-state index in [9.17, 15) is 5.11 Å². The van der Waals surface area contributed by atoms with Crippen molar-refractivity contribution in [3.8, 4) is 0 Å². The minimum Gasteiger partial charge on any atom is -0.289 e. The molecule has 1 unspecified atom stereocenters. The van der Waals surface area contributed by atoms with Crippen molar-refractivity contribution >= 4 is 0 Å². The third kappa shape index (κ3) is 0.412. The SMILES string of the molecule is [O]C1CCN1. The Hall–Kier alpha value is -0.0800. The van der Waals surface area contributed by atoms with Crippen LogP contribution in [0.4, 0.5) is 0 Å². The molecular formula is C3H6NO. The highest BCUT2D eigenvalue weighted by Crippen LogP contribution is 1.94. The van der Waals surface area contributed by atoms with Gasteiger partial charge in [-0.2, -0.15) is 0 Å². The van der Waals surface area contributed by atoms with Crippen LogP contribution < -0.4 is 5.32 Å². The molecule has 1 radical (unpaired) electrons. The number of nitrogens with one attached hydrogen (secondary N) is 1. The summed E-state index contributed by atoms with van der Waals surface area (Å²) < 4.78 is 0. The Morgan fingerprint density at radius 2 is 2.20 bits per heavy atom. The lowest BCUT2D eigenvalue weighted by Gasteiger charge is -2.18. The van der Waals surface area contributed by atoms with Gasteiger partial charge in [-0.05, 0) is 0 Å². The van der Waals surface area contributed by atoms with Crippen LogP contribution >= 0.6 is 0 Å². The first-order valence-electron chi connectivity index (χ1n) is 1.79. The highest BCUT2D eigenvalue weighted by atomic mass is 16.3. The maximum Gasteiger partial charge on any atom is 0.145 e. The normalized spacial score (nSPS) is 36.6. The Morgan fingerprint density at radius 1 is 1.80 bits per heavy atom. The average molecular weight is 72.1 g/mol. The van der Waals surface area contributed by atoms with E-state index in [-0.39, 0.29) is 0 Å². The first kappa shape index (κ1) is 3.12. The molecule has 0 amide bonds. The summed E-state index contributed by atoms with van der Waals surface area (Å²) in [5.74, 6) is 0. The van der Waals surface area contributed by atoms with Crippen LogP contribution in [0.2, 0.25) is 0 Å². The van der Waals surface area contributed by atoms with E-state index in [1.54, 1.807) is 0 Å². The molecule has 0 aromatic heterocycles. The van der Waals surface area contributed by atoms with Crippen LogP contribution in [0.15, 0.2) is 0 Å². The third-order valence-electron chi connectivity index (χ3n) is 0.779. The fourth-order valence-corrected chi connectivity index (χ4v) is 0.262. The zero-order valence-electron chi connectivity index (χ0n) is 2.90. The van der Waals surface area contributed by atoms with Crippen LogP contribution in [-0.2, 0) is 5.11 Å². The van der Waals surface area contributed by atoms with E-state index in [2.05, 4.69) is 5.32 Å². The second kappa shape index (κ2) is 0.954. The van der Waals surface area contributed by atoms with Crippen LogP contribution in [0.25, 0.3) is 0 Å². The molecule has 0 spiro atoms. The molecule has 1 rings (SSSR count). The van der Waals surface area contributed by atoms with E-state index in [0.29, 0.717) is 0 Å². The van der Waals surface area contributed by atoms with Crippen LogP contribution in [-0.4, -0.2) is 12.8 Å². The highest BCUT2D eigenvalue weighted by molar-refractivity contribution is 4.63. The topological polar surface area (TPSA) is 31.9 Å². The molecule has 1 N–H and O–H groups in total. The van der Waals surface area contributed by atoms with E-state index in [0.717, 1.165) is 13.0 Å². The van der Waals surface area contributed by atoms with Crippen molar-refractivity contribution in [2.24, 2.45) is 0 Å². The minimum atomic E-state index is -0.435. The van der Waals surface area contributed by atoms with Gasteiger partial charge < -0.3 is 0 Å². The summed E-state index contributed by atoms with van der Waals surface area (Å²) in [6.07, 6.45) is 0.384. The largest absolute Gasteiger partial charge is 0.289 e. The predicted octanol–water partition coefficient (Wildman–Crippen LogP) is -0.264. The Bertz CT molecular complexity index is 33.9. The van der Waals surface area contributed by atoms with Crippen molar-refractivity contribution in [2.75, 3.05) is 6.54 Å². The van der Waals surface area contributed by atoms with Crippen molar-refractivity contribution in [3.63, 3.8) is 0 Å². The van der Waals surface area contributed by atoms with E-state index in [1.165, 1.54) is 0 Å². The molecule has 0 aromatic carbocycles. The van der Waals surface area contributed by atoms with Gasteiger partial charge in [0.05, 0.1) is 0 Å². The Kier molecular flexibility index (Phi) is 0.596. The van der Waals surface area contributed by atoms with Crippen molar-refractivity contribution in [1.82, 2.24) is 5.32 Å². The van der Waals surface area contributed by atoms with Crippen molar-refractivity contribution < 1.29 is 5.11 Å². The van der Waals surface area contributed by atoms with E-state index >= 15 is 0 Å². The molecule has 1 aliphatic rings. The van der Waals surface area contributed by atoms with Gasteiger partial charge in [-0.3, -0.25) is 5.32 Å². The fourth-order valence-electron chi connectivity index (χ4n) is 0.262. The first-order valence-corrected chi connectivity index (χ1v) is 1.79. The standard InChI is InChI=1S/C3H6NO/c5-3-1-2-4-3/h3-4H,1-2H2. The van der Waals surface area contributed by atoms with Gasteiger partial charge in [0.1, 0.15) is 6.23 Å². The lowest BCUT2D eigenvalue weighted by Crippen LogP contribution is -2.41. The molecular weight excluding hydrogens is 66.0 g/mol. The molecule has 1 saturated heterocycles. The molecule has 0 saturated carbocycles. The predicted molar refractivity (Wildman–Crippen MR) is 17.1 cm³/mol. The number of hydrogen-bond donors (Lipinski definition) is 1. The van der Waals surface area contributed by atoms with Crippen LogP contribution in [0, 0.1) is 0 Å². The summed E-state index contributed by atoms with van der Waals surface area (Å²) in [5, 5.41) is 12.5. The van der Waals surface area contributed by atoms with Crippen LogP contribution in [0.3, 0.4) is 0 Å². The van der Waals surface area contributed by atoms with E-state index in [4.69, 9.17) is 0 Å². The summed E-state index contributed by atoms with van der Waals surface area (Å²) >= 11 is 0. The summed E-state index contributed by atoms with van der Waals surface area (Å²) in [6, 6.07) is 0. The Balaban J connectivity index is 2.08. The zero-order chi connectivity index (χ0) is 3.70. The molecule has 2 heteroatoms. The van der Waals surface area contributed by atoms with Gasteiger partial charge in [0, 0.05) is 13.0 Å². The molecule has 0 aromatic rings. The van der Waals surface area contributed by atoms with Crippen LogP contribution in [0.5, 0.6) is 0 Å². The molecule has 1 aliphatic heterocycles. The van der Waals surface area contributed by atoms with Crippen molar-refractivity contribution in [3.05, 3.63) is 0 Å². The van der Waals surface area contributed by atoms with Gasteiger partial charge in [-0.25, -0.2) is 5.11 Å². The zero-order valence-corrected chi connectivity index (χ0v) is 2.90. The quantitative estimate of drug-likeness (QED) is 0.420. The number of rotatable bonds is 0. The lowest BCUT2D eigenvalue weighted by atomic mass is 10.3. The van der Waals surface area contributed by atoms with Gasteiger partial charge in [-0.1, -0.05) is 0 Å². The Labute approximate surface area is 30.8 Å². The van der Waals surface area contributed by atoms with Crippen LogP contribution in [0.1, 0.15) is 6.42 Å². The van der Waals surface area contributed by atoms with Gasteiger partial charge in [-0.15, -0.1) is 0 Å². The van der Waals surface area contributed by atoms with E-state index in [1.807, 2.05) is 0 Å². The molecule has 1 fully saturated rings. The maximum absolute atomic E-state index is 9.87. The number of hydrogen-bond acceptors (Lipinski definition) is 1. The molecule has 1 heterocycles. The maximum atomic E-state index is 9.87. The second-order valence-corrected chi connectivity index (χ2v) is 1.23. The third-order valence-corrected chi connectivity index (χ3v) is 0.779. The molecule has 1 atom stereocenters. The van der Waals surface area contributed by atoms with Crippen molar-refractivity contribution in [1.29, 1.82) is 0 Å². The molecule has 0 bridgehead atoms. The van der Waals surface area contributed by atoms with Gasteiger partial charge in [0.15, 0.2) is 0 Å². The summed E-state index contributed by atoms with van der Waals surface area (Å²) in [7, 11) is 0. The summed E-state index contributed by atoms with van der Waals surface area (Å²) in [6.45, 7) is 0.925. The van der Waals surface area contributed by atoms with E-state index < -0.39 is 6.23 Å². The Morgan fingerprint density at radius 3 is 2.20 bits per heavy atom. The van der Waals surface area contributed by atoms with Gasteiger partial charge in [0.2, 0.25) is 0 Å². The summed E-state index contributed by atoms with van der Waals surface area (Å²) in [5.41, 5.74) is 0. The monoisotopic (exact) mass is 72.0 g/mol. The highest BCUT2D eigenvalue weighted by Gasteiger charge is 2.11. The summed E-state index contributed by atoms with van der Waals surface area (Å²) in [4.78, 5) is 0. The molecule has 0 aliphatic carbocycles. The minimum absolute atomic E-state index is 0.435. The molecule has 2 nitrogen and oxygen atoms in total. The smallest absolute Gasteiger partial charge is 0.145 e. The molecule has 5 heavy (non-hydrogen) atoms. The first-order chi connectivity index (χ1) is 2.39. The van der Waals surface area contributed by atoms with Gasteiger partial charge >= 0.3 is 0 Å². The average Bonchev–Trinajstić information content (AvgIpc) is 1.30. The van der Waals surface area contributed by atoms with Crippen molar-refractivity contribution in [2.45, 2.75) is 12.6 Å².